The summed E-state index contributed by atoms with van der Waals surface area (Å²) in [6.45, 7) is 0. The minimum absolute atomic E-state index is 0.134. The summed E-state index contributed by atoms with van der Waals surface area (Å²) in [5.74, 6) is -0.796. The molecule has 1 aromatic heterocycles. The summed E-state index contributed by atoms with van der Waals surface area (Å²) in [4.78, 5) is 15.4. The molecule has 6 heteroatoms. The van der Waals surface area contributed by atoms with E-state index in [1.165, 1.54) is 0 Å². The van der Waals surface area contributed by atoms with E-state index in [0.29, 0.717) is 17.7 Å². The Morgan fingerprint density at radius 1 is 1.00 bits per heavy atom. The Bertz CT molecular complexity index is 1030. The van der Waals surface area contributed by atoms with Crippen LogP contribution in [0.15, 0.2) is 84.0 Å². The Kier molecular flexibility index (Phi) is 7.05. The number of carboxylic acid groups (broad SMARTS) is 1. The van der Waals surface area contributed by atoms with Gasteiger partial charge in [-0.1, -0.05) is 42.5 Å². The lowest BCUT2D eigenvalue weighted by atomic mass is 9.94. The fourth-order valence-electron chi connectivity index (χ4n) is 3.05. The van der Waals surface area contributed by atoms with Gasteiger partial charge in [-0.05, 0) is 59.4 Å². The van der Waals surface area contributed by atoms with Crippen LogP contribution in [0.5, 0.6) is 0 Å². The van der Waals surface area contributed by atoms with Gasteiger partial charge in [0.05, 0.1) is 4.90 Å². The van der Waals surface area contributed by atoms with Gasteiger partial charge in [0.15, 0.2) is 11.1 Å². The third kappa shape index (κ3) is 5.70. The standard InChI is InChI=1S/C23H21NO4S/c25-23(26)9-2-1-8-22(20-7-4-14-24-16-20)19-6-3-5-18(15-19)17-10-12-21(13-11-17)29(27)28/h3-8,10-16H,1-2,9H2,(H,25,26)(H,27,28). The predicted molar refractivity (Wildman–Crippen MR) is 114 cm³/mol. The van der Waals surface area contributed by atoms with Crippen molar-refractivity contribution in [3.63, 3.8) is 0 Å². The monoisotopic (exact) mass is 407 g/mol. The topological polar surface area (TPSA) is 87.5 Å². The molecular weight excluding hydrogens is 386 g/mol. The second-order valence-corrected chi connectivity index (χ2v) is 7.47. The Morgan fingerprint density at radius 2 is 1.76 bits per heavy atom. The fraction of sp³-hybridized carbons (Fsp3) is 0.130. The number of rotatable bonds is 8. The molecule has 3 rings (SSSR count). The van der Waals surface area contributed by atoms with E-state index in [1.807, 2.05) is 42.5 Å². The maximum atomic E-state index is 11.2. The molecule has 0 saturated heterocycles. The van der Waals surface area contributed by atoms with Crippen LogP contribution < -0.4 is 0 Å². The van der Waals surface area contributed by atoms with Crippen molar-refractivity contribution in [2.24, 2.45) is 0 Å². The van der Waals surface area contributed by atoms with E-state index >= 15 is 0 Å². The lowest BCUT2D eigenvalue weighted by Crippen LogP contribution is -1.94. The number of hydrogen-bond donors (Lipinski definition) is 2. The van der Waals surface area contributed by atoms with Crippen LogP contribution in [0, 0.1) is 0 Å². The number of allylic oxidation sites excluding steroid dienone is 1. The molecule has 1 heterocycles. The average Bonchev–Trinajstić information content (AvgIpc) is 2.74. The molecule has 1 atom stereocenters. The molecule has 148 valence electrons. The minimum atomic E-state index is -2.00. The Hall–Kier alpha value is -3.09. The number of pyridine rings is 1. The van der Waals surface area contributed by atoms with E-state index < -0.39 is 17.0 Å². The number of aliphatic carboxylic acids is 1. The highest BCUT2D eigenvalue weighted by molar-refractivity contribution is 7.79. The Labute approximate surface area is 172 Å². The fourth-order valence-corrected chi connectivity index (χ4v) is 3.42. The number of nitrogens with zero attached hydrogens (tertiary/aromatic N) is 1. The molecular formula is C23H21NO4S. The molecule has 2 aromatic carbocycles. The van der Waals surface area contributed by atoms with Crippen molar-refractivity contribution < 1.29 is 18.7 Å². The number of aromatic nitrogens is 1. The highest BCUT2D eigenvalue weighted by Crippen LogP contribution is 2.28. The predicted octanol–water partition coefficient (Wildman–Crippen LogP) is 5.02. The number of benzene rings is 2. The third-order valence-electron chi connectivity index (χ3n) is 4.48. The second-order valence-electron chi connectivity index (χ2n) is 6.50. The van der Waals surface area contributed by atoms with Crippen LogP contribution in [0.4, 0.5) is 0 Å². The van der Waals surface area contributed by atoms with E-state index in [4.69, 9.17) is 5.11 Å². The molecule has 0 aliphatic rings. The zero-order chi connectivity index (χ0) is 20.6. The van der Waals surface area contributed by atoms with Crippen molar-refractivity contribution >= 4 is 22.6 Å². The molecule has 5 nitrogen and oxygen atoms in total. The van der Waals surface area contributed by atoms with Gasteiger partial charge in [-0.3, -0.25) is 9.78 Å². The summed E-state index contributed by atoms with van der Waals surface area (Å²) < 4.78 is 20.4. The van der Waals surface area contributed by atoms with E-state index in [-0.39, 0.29) is 6.42 Å². The lowest BCUT2D eigenvalue weighted by Gasteiger charge is -2.11. The van der Waals surface area contributed by atoms with Crippen molar-refractivity contribution in [2.75, 3.05) is 0 Å². The van der Waals surface area contributed by atoms with Crippen LogP contribution in [0.1, 0.15) is 30.4 Å². The van der Waals surface area contributed by atoms with Gasteiger partial charge in [-0.15, -0.1) is 0 Å². The first kappa shape index (κ1) is 20.6. The second kappa shape index (κ2) is 9.91. The molecule has 3 aromatic rings. The van der Waals surface area contributed by atoms with Crippen molar-refractivity contribution in [3.8, 4) is 11.1 Å². The zero-order valence-corrected chi connectivity index (χ0v) is 16.5. The van der Waals surface area contributed by atoms with Crippen molar-refractivity contribution in [1.29, 1.82) is 0 Å². The molecule has 0 aliphatic carbocycles. The molecule has 29 heavy (non-hydrogen) atoms. The summed E-state index contributed by atoms with van der Waals surface area (Å²) >= 11 is -2.00. The molecule has 1 unspecified atom stereocenters. The maximum absolute atomic E-state index is 11.2. The summed E-state index contributed by atoms with van der Waals surface area (Å²) in [6, 6.07) is 18.8. The van der Waals surface area contributed by atoms with Crippen molar-refractivity contribution in [3.05, 3.63) is 90.3 Å². The summed E-state index contributed by atoms with van der Waals surface area (Å²) in [5, 5.41) is 8.86. The smallest absolute Gasteiger partial charge is 0.303 e. The van der Waals surface area contributed by atoms with Crippen LogP contribution in [0.2, 0.25) is 0 Å². The maximum Gasteiger partial charge on any atom is 0.303 e. The number of carboxylic acids is 1. The average molecular weight is 407 g/mol. The van der Waals surface area contributed by atoms with Crippen molar-refractivity contribution in [1.82, 2.24) is 4.98 Å². The molecule has 0 saturated carbocycles. The number of unbranched alkanes of at least 4 members (excludes halogenated alkanes) is 1. The molecule has 0 amide bonds. The first-order chi connectivity index (χ1) is 14.0. The first-order valence-corrected chi connectivity index (χ1v) is 10.3. The third-order valence-corrected chi connectivity index (χ3v) is 5.15. The Morgan fingerprint density at radius 3 is 2.41 bits per heavy atom. The van der Waals surface area contributed by atoms with Gasteiger partial charge in [-0.2, -0.15) is 0 Å². The van der Waals surface area contributed by atoms with Gasteiger partial charge in [0, 0.05) is 24.4 Å². The van der Waals surface area contributed by atoms with E-state index in [1.54, 1.807) is 24.5 Å². The largest absolute Gasteiger partial charge is 0.481 e. The summed E-state index contributed by atoms with van der Waals surface area (Å²) in [6.07, 6.45) is 6.92. The van der Waals surface area contributed by atoms with Crippen LogP contribution in [-0.2, 0) is 15.9 Å². The quantitative estimate of drug-likeness (QED) is 0.405. The number of hydrogen-bond acceptors (Lipinski definition) is 3. The van der Waals surface area contributed by atoms with Gasteiger partial charge in [0.2, 0.25) is 0 Å². The molecule has 2 N–H and O–H groups in total. The molecule has 0 aliphatic heterocycles. The van der Waals surface area contributed by atoms with Crippen LogP contribution >= 0.6 is 0 Å². The van der Waals surface area contributed by atoms with Crippen LogP contribution in [0.25, 0.3) is 16.7 Å². The first-order valence-electron chi connectivity index (χ1n) is 9.18. The van der Waals surface area contributed by atoms with Gasteiger partial charge >= 0.3 is 5.97 Å². The zero-order valence-electron chi connectivity index (χ0n) is 15.7. The minimum Gasteiger partial charge on any atom is -0.481 e. The molecule has 0 bridgehead atoms. The SMILES string of the molecule is O=C(O)CCCC=C(c1cccnc1)c1cccc(-c2ccc(S(=O)O)cc2)c1. The van der Waals surface area contributed by atoms with E-state index in [0.717, 1.165) is 27.8 Å². The molecule has 0 radical (unpaired) electrons. The summed E-state index contributed by atoms with van der Waals surface area (Å²) in [5.41, 5.74) is 4.89. The van der Waals surface area contributed by atoms with Gasteiger partial charge in [0.25, 0.3) is 0 Å². The van der Waals surface area contributed by atoms with Crippen LogP contribution in [0.3, 0.4) is 0 Å². The molecule has 0 spiro atoms. The van der Waals surface area contributed by atoms with Gasteiger partial charge in [-0.25, -0.2) is 4.21 Å². The van der Waals surface area contributed by atoms with E-state index in [9.17, 15) is 13.6 Å². The normalized spacial score (nSPS) is 12.5. The van der Waals surface area contributed by atoms with Crippen molar-refractivity contribution in [2.45, 2.75) is 24.2 Å². The highest BCUT2D eigenvalue weighted by Gasteiger charge is 2.08. The van der Waals surface area contributed by atoms with E-state index in [2.05, 4.69) is 17.1 Å². The van der Waals surface area contributed by atoms with Gasteiger partial charge < -0.3 is 9.66 Å². The highest BCUT2D eigenvalue weighted by atomic mass is 32.2. The number of carbonyl (C=O) groups is 1. The Balaban J connectivity index is 1.93. The summed E-state index contributed by atoms with van der Waals surface area (Å²) in [7, 11) is 0. The van der Waals surface area contributed by atoms with Gasteiger partial charge in [0.1, 0.15) is 0 Å². The molecule has 0 fully saturated rings. The van der Waals surface area contributed by atoms with Crippen LogP contribution in [-0.4, -0.2) is 24.8 Å². The lowest BCUT2D eigenvalue weighted by molar-refractivity contribution is -0.137.